The van der Waals surface area contributed by atoms with Crippen molar-refractivity contribution >= 4 is 11.6 Å². The van der Waals surface area contributed by atoms with Crippen LogP contribution in [-0.2, 0) is 4.79 Å². The molecule has 0 aliphatic carbocycles. The molecule has 0 aromatic heterocycles. The average molecular weight is 245 g/mol. The van der Waals surface area contributed by atoms with Crippen LogP contribution in [0.15, 0.2) is 24.3 Å². The van der Waals surface area contributed by atoms with Crippen LogP contribution in [0.2, 0.25) is 0 Å². The van der Waals surface area contributed by atoms with Crippen molar-refractivity contribution in [2.24, 2.45) is 0 Å². The lowest BCUT2D eigenvalue weighted by atomic mass is 10.0. The summed E-state index contributed by atoms with van der Waals surface area (Å²) in [4.78, 5) is 11.7. The molecule has 2 aliphatic rings. The molecule has 0 saturated carbocycles. The normalized spacial score (nSPS) is 24.1. The first-order valence-corrected chi connectivity index (χ1v) is 6.63. The molecule has 1 unspecified atom stereocenters. The van der Waals surface area contributed by atoms with Gasteiger partial charge in [-0.2, -0.15) is 0 Å². The average Bonchev–Trinajstić information content (AvgIpc) is 3.02. The minimum absolute atomic E-state index is 0.198. The molecule has 4 nitrogen and oxygen atoms in total. The Bertz CT molecular complexity index is 454. The number of nitrogens with zero attached hydrogens (tertiary/aromatic N) is 2. The van der Waals surface area contributed by atoms with Crippen molar-refractivity contribution in [1.29, 1.82) is 0 Å². The molecule has 2 heterocycles. The van der Waals surface area contributed by atoms with Crippen LogP contribution in [0.4, 0.5) is 5.69 Å². The summed E-state index contributed by atoms with van der Waals surface area (Å²) in [5.74, 6) is 0.198. The number of carbonyl (C=O) groups excluding carboxylic acids is 1. The lowest BCUT2D eigenvalue weighted by molar-refractivity contribution is -0.126. The van der Waals surface area contributed by atoms with E-state index in [0.29, 0.717) is 12.5 Å². The minimum Gasteiger partial charge on any atom is -0.310 e. The number of hydrogen-bond acceptors (Lipinski definition) is 3. The molecule has 1 aromatic carbocycles. The summed E-state index contributed by atoms with van der Waals surface area (Å²) in [6.45, 7) is 1.88. The summed E-state index contributed by atoms with van der Waals surface area (Å²) >= 11 is 0. The number of hydrogen-bond donors (Lipinski definition) is 1. The molecule has 2 saturated heterocycles. The van der Waals surface area contributed by atoms with E-state index in [9.17, 15) is 4.79 Å². The van der Waals surface area contributed by atoms with Gasteiger partial charge < -0.3 is 5.32 Å². The highest BCUT2D eigenvalue weighted by molar-refractivity contribution is 5.82. The van der Waals surface area contributed by atoms with E-state index in [4.69, 9.17) is 0 Å². The third-order valence-electron chi connectivity index (χ3n) is 3.91. The van der Waals surface area contributed by atoms with E-state index in [0.717, 1.165) is 13.1 Å². The van der Waals surface area contributed by atoms with Gasteiger partial charge in [-0.25, -0.2) is 0 Å². The summed E-state index contributed by atoms with van der Waals surface area (Å²) < 4.78 is 0. The Morgan fingerprint density at radius 1 is 1.33 bits per heavy atom. The van der Waals surface area contributed by atoms with Gasteiger partial charge in [0, 0.05) is 26.1 Å². The monoisotopic (exact) mass is 245 g/mol. The highest BCUT2D eigenvalue weighted by Crippen LogP contribution is 2.33. The second-order valence-corrected chi connectivity index (χ2v) is 5.00. The van der Waals surface area contributed by atoms with Crippen LogP contribution in [0, 0.1) is 0 Å². The molecule has 2 fully saturated rings. The van der Waals surface area contributed by atoms with Crippen molar-refractivity contribution in [2.75, 3.05) is 25.1 Å². The Hall–Kier alpha value is -1.55. The van der Waals surface area contributed by atoms with Crippen LogP contribution in [0.1, 0.15) is 30.9 Å². The van der Waals surface area contributed by atoms with Crippen LogP contribution in [0.25, 0.3) is 0 Å². The Morgan fingerprint density at radius 3 is 2.83 bits per heavy atom. The Morgan fingerprint density at radius 2 is 2.17 bits per heavy atom. The number of carbonyl (C=O) groups is 1. The van der Waals surface area contributed by atoms with Gasteiger partial charge in [0.05, 0.1) is 5.69 Å². The van der Waals surface area contributed by atoms with Crippen molar-refractivity contribution in [3.63, 3.8) is 0 Å². The highest BCUT2D eigenvalue weighted by atomic mass is 16.2. The molecule has 1 atom stereocenters. The third-order valence-corrected chi connectivity index (χ3v) is 3.91. The number of benzene rings is 1. The van der Waals surface area contributed by atoms with Gasteiger partial charge in [-0.15, -0.1) is 0 Å². The van der Waals surface area contributed by atoms with Gasteiger partial charge in [-0.3, -0.25) is 14.8 Å². The molecule has 2 aliphatic heterocycles. The van der Waals surface area contributed by atoms with Gasteiger partial charge in [-0.05, 0) is 31.0 Å². The Kier molecular flexibility index (Phi) is 2.96. The van der Waals surface area contributed by atoms with Crippen LogP contribution in [0.3, 0.4) is 0 Å². The van der Waals surface area contributed by atoms with Crippen molar-refractivity contribution in [1.82, 2.24) is 10.3 Å². The van der Waals surface area contributed by atoms with Gasteiger partial charge in [0.15, 0.2) is 0 Å². The Balaban J connectivity index is 1.94. The fourth-order valence-corrected chi connectivity index (χ4v) is 2.90. The van der Waals surface area contributed by atoms with E-state index < -0.39 is 0 Å². The van der Waals surface area contributed by atoms with Crippen molar-refractivity contribution < 1.29 is 4.79 Å². The first-order valence-electron chi connectivity index (χ1n) is 6.63. The fourth-order valence-electron chi connectivity index (χ4n) is 2.90. The summed E-state index contributed by atoms with van der Waals surface area (Å²) in [6.07, 6.45) is 3.03. The van der Waals surface area contributed by atoms with E-state index in [-0.39, 0.29) is 5.91 Å². The number of rotatable bonds is 2. The van der Waals surface area contributed by atoms with Crippen LogP contribution in [0.5, 0.6) is 0 Å². The van der Waals surface area contributed by atoms with E-state index in [2.05, 4.69) is 28.5 Å². The molecule has 96 valence electrons. The largest absolute Gasteiger partial charge is 0.310 e. The molecule has 0 spiro atoms. The SMILES string of the molecule is CN1C(=O)CCN1c1ccccc1C1CCCN1. The maximum absolute atomic E-state index is 11.7. The van der Waals surface area contributed by atoms with Gasteiger partial charge in [-0.1, -0.05) is 18.2 Å². The molecule has 18 heavy (non-hydrogen) atoms. The molecule has 4 heteroatoms. The zero-order chi connectivity index (χ0) is 12.5. The van der Waals surface area contributed by atoms with Crippen LogP contribution in [-0.4, -0.2) is 31.1 Å². The van der Waals surface area contributed by atoms with E-state index in [1.165, 1.54) is 24.1 Å². The van der Waals surface area contributed by atoms with E-state index in [1.54, 1.807) is 5.01 Å². The molecule has 1 amide bonds. The summed E-state index contributed by atoms with van der Waals surface area (Å²) in [5.41, 5.74) is 2.49. The first-order chi connectivity index (χ1) is 8.77. The lowest BCUT2D eigenvalue weighted by Gasteiger charge is -2.29. The predicted octanol–water partition coefficient (Wildman–Crippen LogP) is 1.69. The summed E-state index contributed by atoms with van der Waals surface area (Å²) in [7, 11) is 1.86. The van der Waals surface area contributed by atoms with E-state index in [1.807, 2.05) is 13.1 Å². The predicted molar refractivity (Wildman–Crippen MR) is 71.2 cm³/mol. The Labute approximate surface area is 108 Å². The smallest absolute Gasteiger partial charge is 0.242 e. The standard InChI is InChI=1S/C14H19N3O/c1-16-14(18)8-10-17(16)13-7-3-2-5-11(13)12-6-4-9-15-12/h2-3,5,7,12,15H,4,6,8-10H2,1H3. The molecule has 0 bridgehead atoms. The van der Waals surface area contributed by atoms with Crippen LogP contribution < -0.4 is 10.3 Å². The second-order valence-electron chi connectivity index (χ2n) is 5.00. The minimum atomic E-state index is 0.198. The van der Waals surface area contributed by atoms with Gasteiger partial charge in [0.2, 0.25) is 5.91 Å². The quantitative estimate of drug-likeness (QED) is 0.861. The van der Waals surface area contributed by atoms with Crippen molar-refractivity contribution in [3.8, 4) is 0 Å². The number of hydrazine groups is 1. The maximum Gasteiger partial charge on any atom is 0.242 e. The zero-order valence-corrected chi connectivity index (χ0v) is 10.7. The first kappa shape index (κ1) is 11.5. The molecular formula is C14H19N3O. The summed E-state index contributed by atoms with van der Waals surface area (Å²) in [6, 6.07) is 8.85. The molecular weight excluding hydrogens is 226 g/mol. The molecule has 0 radical (unpaired) electrons. The number of anilines is 1. The number of nitrogens with one attached hydrogen (secondary N) is 1. The number of amides is 1. The van der Waals surface area contributed by atoms with Gasteiger partial charge >= 0.3 is 0 Å². The van der Waals surface area contributed by atoms with Crippen molar-refractivity contribution in [3.05, 3.63) is 29.8 Å². The lowest BCUT2D eigenvalue weighted by Crippen LogP contribution is -2.36. The topological polar surface area (TPSA) is 35.6 Å². The number of para-hydroxylation sites is 1. The van der Waals surface area contributed by atoms with Crippen molar-refractivity contribution in [2.45, 2.75) is 25.3 Å². The zero-order valence-electron chi connectivity index (χ0n) is 10.7. The summed E-state index contributed by atoms with van der Waals surface area (Å²) in [5, 5.41) is 7.37. The molecule has 1 N–H and O–H groups in total. The van der Waals surface area contributed by atoms with E-state index >= 15 is 0 Å². The fraction of sp³-hybridized carbons (Fsp3) is 0.500. The third kappa shape index (κ3) is 1.86. The maximum atomic E-state index is 11.7. The van der Waals surface area contributed by atoms with Gasteiger partial charge in [0.25, 0.3) is 0 Å². The molecule has 1 aromatic rings. The molecule has 3 rings (SSSR count). The van der Waals surface area contributed by atoms with Crippen LogP contribution >= 0.6 is 0 Å². The second kappa shape index (κ2) is 4.61. The highest BCUT2D eigenvalue weighted by Gasteiger charge is 2.29. The van der Waals surface area contributed by atoms with Gasteiger partial charge in [0.1, 0.15) is 0 Å².